The Bertz CT molecular complexity index is 1260. The molecule has 0 radical (unpaired) electrons. The van der Waals surface area contributed by atoms with Gasteiger partial charge in [0.2, 0.25) is 10.0 Å². The van der Waals surface area contributed by atoms with Crippen LogP contribution in [0.5, 0.6) is 0 Å². The molecule has 0 aliphatic carbocycles. The van der Waals surface area contributed by atoms with Crippen molar-refractivity contribution in [1.29, 1.82) is 0 Å². The molecule has 0 bridgehead atoms. The minimum Gasteiger partial charge on any atom is -0.335 e. The molecule has 3 aromatic heterocycles. The molecule has 0 spiro atoms. The Morgan fingerprint density at radius 2 is 1.81 bits per heavy atom. The molecule has 4 rings (SSSR count). The second-order valence-corrected chi connectivity index (χ2v) is 9.06. The molecule has 1 fully saturated rings. The summed E-state index contributed by atoms with van der Waals surface area (Å²) < 4.78 is 68.5. The van der Waals surface area contributed by atoms with Crippen molar-refractivity contribution < 1.29 is 26.4 Å². The Morgan fingerprint density at radius 3 is 2.39 bits per heavy atom. The van der Waals surface area contributed by atoms with E-state index in [1.165, 1.54) is 39.3 Å². The predicted octanol–water partition coefficient (Wildman–Crippen LogP) is 0.937. The van der Waals surface area contributed by atoms with Gasteiger partial charge in [0, 0.05) is 51.2 Å². The van der Waals surface area contributed by atoms with Crippen LogP contribution >= 0.6 is 0 Å². The summed E-state index contributed by atoms with van der Waals surface area (Å²) in [6.45, 7) is 1.66. The van der Waals surface area contributed by atoms with Gasteiger partial charge in [-0.15, -0.1) is 0 Å². The number of carbonyl (C=O) groups excluding carboxylic acids is 1. The third-order valence-electron chi connectivity index (χ3n) is 4.91. The van der Waals surface area contributed by atoms with E-state index >= 15 is 0 Å². The quantitative estimate of drug-likeness (QED) is 0.580. The number of aryl methyl sites for hydroxylation is 2. The molecule has 1 amide bonds. The summed E-state index contributed by atoms with van der Waals surface area (Å²) in [6, 6.07) is 2.06. The highest BCUT2D eigenvalue weighted by Gasteiger charge is 2.36. The van der Waals surface area contributed by atoms with Crippen LogP contribution in [-0.2, 0) is 23.2 Å². The first-order chi connectivity index (χ1) is 14.5. The molecule has 0 N–H and O–H groups in total. The molecule has 1 saturated heterocycles. The first-order valence-corrected chi connectivity index (χ1v) is 10.6. The zero-order chi connectivity index (χ0) is 22.6. The summed E-state index contributed by atoms with van der Waals surface area (Å²) in [5.74, 6) is -0.588. The number of piperazine rings is 1. The van der Waals surface area contributed by atoms with Crippen LogP contribution in [0.2, 0.25) is 0 Å². The van der Waals surface area contributed by atoms with E-state index in [1.807, 2.05) is 0 Å². The Balaban J connectivity index is 1.53. The van der Waals surface area contributed by atoms with Crippen LogP contribution in [-0.4, -0.2) is 74.1 Å². The minimum absolute atomic E-state index is 0.0432. The molecular weight excluding hydrogens is 439 g/mol. The number of carbonyl (C=O) groups is 1. The van der Waals surface area contributed by atoms with E-state index in [0.717, 1.165) is 6.07 Å². The summed E-state index contributed by atoms with van der Waals surface area (Å²) in [7, 11) is -2.14. The predicted molar refractivity (Wildman–Crippen MR) is 101 cm³/mol. The summed E-state index contributed by atoms with van der Waals surface area (Å²) in [5, 5.41) is 7.68. The van der Waals surface area contributed by atoms with Gasteiger partial charge < -0.3 is 4.90 Å². The van der Waals surface area contributed by atoms with Crippen molar-refractivity contribution in [1.82, 2.24) is 33.6 Å². The van der Waals surface area contributed by atoms with Crippen LogP contribution in [0, 0.1) is 6.92 Å². The Labute approximate surface area is 174 Å². The smallest absolute Gasteiger partial charge is 0.335 e. The van der Waals surface area contributed by atoms with Crippen molar-refractivity contribution in [2.75, 3.05) is 26.2 Å². The van der Waals surface area contributed by atoms with Crippen LogP contribution in [0.15, 0.2) is 29.4 Å². The van der Waals surface area contributed by atoms with Crippen molar-refractivity contribution in [3.8, 4) is 0 Å². The lowest BCUT2D eigenvalue weighted by molar-refractivity contribution is -0.142. The number of nitrogens with zero attached hydrogens (tertiary/aromatic N) is 7. The molecule has 3 aromatic rings. The summed E-state index contributed by atoms with van der Waals surface area (Å²) >= 11 is 0. The molecular formula is C17H18F3N7O3S. The number of fused-ring (bicyclic) bond motifs is 1. The monoisotopic (exact) mass is 457 g/mol. The SMILES string of the molecule is Cc1cc(C(F)(F)F)n2nc(C(=O)N3CCN(S(=O)(=O)c4cnn(C)c4)CC3)cc2n1. The standard InChI is InChI=1S/C17H18F3N7O3S/c1-11-7-14(17(18,19)20)27-15(22-11)8-13(23-27)16(28)25-3-5-26(6-4-25)31(29,30)12-9-21-24(2)10-12/h7-10H,3-6H2,1-2H3. The highest BCUT2D eigenvalue weighted by atomic mass is 32.2. The topological polar surface area (TPSA) is 106 Å². The second-order valence-electron chi connectivity index (χ2n) is 7.13. The van der Waals surface area contributed by atoms with Gasteiger partial charge >= 0.3 is 6.18 Å². The normalized spacial score (nSPS) is 16.2. The van der Waals surface area contributed by atoms with E-state index in [0.29, 0.717) is 4.52 Å². The second kappa shape index (κ2) is 7.30. The van der Waals surface area contributed by atoms with Gasteiger partial charge in [0.15, 0.2) is 11.3 Å². The van der Waals surface area contributed by atoms with Crippen LogP contribution in [0.3, 0.4) is 0 Å². The summed E-state index contributed by atoms with van der Waals surface area (Å²) in [5.41, 5.74) is -1.16. The van der Waals surface area contributed by atoms with Crippen molar-refractivity contribution in [3.05, 3.63) is 41.6 Å². The van der Waals surface area contributed by atoms with E-state index in [4.69, 9.17) is 0 Å². The fraction of sp³-hybridized carbons (Fsp3) is 0.412. The van der Waals surface area contributed by atoms with E-state index in [1.54, 1.807) is 7.05 Å². The van der Waals surface area contributed by atoms with Crippen LogP contribution in [0.1, 0.15) is 21.9 Å². The molecule has 0 aromatic carbocycles. The maximum Gasteiger partial charge on any atom is 0.433 e. The van der Waals surface area contributed by atoms with Crippen molar-refractivity contribution in [2.45, 2.75) is 18.0 Å². The van der Waals surface area contributed by atoms with Gasteiger partial charge in [-0.05, 0) is 13.0 Å². The third-order valence-corrected chi connectivity index (χ3v) is 6.76. The summed E-state index contributed by atoms with van der Waals surface area (Å²) in [4.78, 5) is 18.2. The fourth-order valence-corrected chi connectivity index (χ4v) is 4.79. The lowest BCUT2D eigenvalue weighted by atomic mass is 10.3. The van der Waals surface area contributed by atoms with Crippen LogP contribution in [0.4, 0.5) is 13.2 Å². The lowest BCUT2D eigenvalue weighted by Crippen LogP contribution is -2.50. The molecule has 4 heterocycles. The minimum atomic E-state index is -4.66. The van der Waals surface area contributed by atoms with E-state index in [2.05, 4.69) is 15.2 Å². The lowest BCUT2D eigenvalue weighted by Gasteiger charge is -2.33. The zero-order valence-electron chi connectivity index (χ0n) is 16.5. The molecule has 0 unspecified atom stereocenters. The molecule has 1 aliphatic rings. The molecule has 1 aliphatic heterocycles. The Kier molecular flexibility index (Phi) is 5.00. The molecule has 0 atom stereocenters. The van der Waals surface area contributed by atoms with Crippen LogP contribution < -0.4 is 0 Å². The van der Waals surface area contributed by atoms with E-state index < -0.39 is 27.8 Å². The average Bonchev–Trinajstić information content (AvgIpc) is 3.32. The van der Waals surface area contributed by atoms with Crippen molar-refractivity contribution in [2.24, 2.45) is 7.05 Å². The Morgan fingerprint density at radius 1 is 1.13 bits per heavy atom. The van der Waals surface area contributed by atoms with E-state index in [9.17, 15) is 26.4 Å². The molecule has 166 valence electrons. The first kappa shape index (κ1) is 21.2. The highest BCUT2D eigenvalue weighted by molar-refractivity contribution is 7.89. The van der Waals surface area contributed by atoms with Gasteiger partial charge in [-0.2, -0.15) is 27.7 Å². The average molecular weight is 457 g/mol. The van der Waals surface area contributed by atoms with Crippen molar-refractivity contribution >= 4 is 21.6 Å². The van der Waals surface area contributed by atoms with Gasteiger partial charge in [-0.1, -0.05) is 0 Å². The molecule has 14 heteroatoms. The number of halogens is 3. The summed E-state index contributed by atoms with van der Waals surface area (Å²) in [6.07, 6.45) is -2.03. The highest BCUT2D eigenvalue weighted by Crippen LogP contribution is 2.30. The number of rotatable bonds is 3. The van der Waals surface area contributed by atoms with Gasteiger partial charge in [-0.25, -0.2) is 17.9 Å². The molecule has 31 heavy (non-hydrogen) atoms. The first-order valence-electron chi connectivity index (χ1n) is 9.19. The van der Waals surface area contributed by atoms with Crippen LogP contribution in [0.25, 0.3) is 5.65 Å². The Hall–Kier alpha value is -3.00. The number of hydrogen-bond donors (Lipinski definition) is 0. The number of sulfonamides is 1. The number of aromatic nitrogens is 5. The maximum absolute atomic E-state index is 13.3. The molecule has 0 saturated carbocycles. The number of amides is 1. The van der Waals surface area contributed by atoms with Crippen molar-refractivity contribution in [3.63, 3.8) is 0 Å². The van der Waals surface area contributed by atoms with Gasteiger partial charge in [0.05, 0.1) is 6.20 Å². The van der Waals surface area contributed by atoms with Gasteiger partial charge in [0.1, 0.15) is 10.6 Å². The van der Waals surface area contributed by atoms with Gasteiger partial charge in [0.25, 0.3) is 5.91 Å². The number of alkyl halides is 3. The van der Waals surface area contributed by atoms with E-state index in [-0.39, 0.29) is 48.1 Å². The fourth-order valence-electron chi connectivity index (χ4n) is 3.38. The molecule has 10 nitrogen and oxygen atoms in total. The maximum atomic E-state index is 13.3. The largest absolute Gasteiger partial charge is 0.433 e. The zero-order valence-corrected chi connectivity index (χ0v) is 17.4. The number of hydrogen-bond acceptors (Lipinski definition) is 6. The van der Waals surface area contributed by atoms with Gasteiger partial charge in [-0.3, -0.25) is 9.48 Å². The third kappa shape index (κ3) is 3.87.